The van der Waals surface area contributed by atoms with Gasteiger partial charge in [0.2, 0.25) is 5.91 Å². The minimum atomic E-state index is -0.0820. The number of amides is 1. The minimum absolute atomic E-state index is 0.0820. The molecule has 15 heavy (non-hydrogen) atoms. The summed E-state index contributed by atoms with van der Waals surface area (Å²) in [6.45, 7) is 7.44. The first-order valence-corrected chi connectivity index (χ1v) is 5.58. The van der Waals surface area contributed by atoms with Gasteiger partial charge in [0, 0.05) is 25.7 Å². The molecule has 0 aliphatic carbocycles. The van der Waals surface area contributed by atoms with Crippen LogP contribution in [0.5, 0.6) is 0 Å². The van der Waals surface area contributed by atoms with Gasteiger partial charge >= 0.3 is 0 Å². The second kappa shape index (κ2) is 5.47. The fourth-order valence-corrected chi connectivity index (χ4v) is 1.94. The minimum Gasteiger partial charge on any atom is -0.384 e. The predicted molar refractivity (Wildman–Crippen MR) is 59.8 cm³/mol. The van der Waals surface area contributed by atoms with Gasteiger partial charge in [-0.3, -0.25) is 4.79 Å². The summed E-state index contributed by atoms with van der Waals surface area (Å²) in [5.41, 5.74) is -0.0820. The van der Waals surface area contributed by atoms with Crippen molar-refractivity contribution in [2.45, 2.75) is 32.2 Å². The molecule has 1 rings (SSSR count). The van der Waals surface area contributed by atoms with Crippen molar-refractivity contribution in [1.29, 1.82) is 0 Å². The van der Waals surface area contributed by atoms with E-state index in [9.17, 15) is 4.79 Å². The van der Waals surface area contributed by atoms with E-state index < -0.39 is 0 Å². The summed E-state index contributed by atoms with van der Waals surface area (Å²) in [7, 11) is 1.63. The number of nitrogens with zero attached hydrogens (tertiary/aromatic N) is 1. The molecule has 0 bridgehead atoms. The summed E-state index contributed by atoms with van der Waals surface area (Å²) < 4.78 is 4.94. The summed E-state index contributed by atoms with van der Waals surface area (Å²) in [6.07, 6.45) is 1.52. The highest BCUT2D eigenvalue weighted by atomic mass is 16.5. The molecule has 0 atom stereocenters. The van der Waals surface area contributed by atoms with Crippen molar-refractivity contribution in [3.05, 3.63) is 0 Å². The van der Waals surface area contributed by atoms with Crippen molar-refractivity contribution in [2.24, 2.45) is 0 Å². The second-order valence-corrected chi connectivity index (χ2v) is 4.63. The first-order valence-electron chi connectivity index (χ1n) is 5.58. The maximum atomic E-state index is 11.9. The molecule has 0 unspecified atom stereocenters. The molecule has 0 aromatic heterocycles. The Hall–Kier alpha value is -0.610. The van der Waals surface area contributed by atoms with Crippen LogP contribution in [-0.4, -0.2) is 49.7 Å². The Morgan fingerprint density at radius 2 is 2.27 bits per heavy atom. The third-order valence-electron chi connectivity index (χ3n) is 2.84. The van der Waals surface area contributed by atoms with E-state index in [4.69, 9.17) is 4.74 Å². The van der Waals surface area contributed by atoms with Gasteiger partial charge < -0.3 is 15.0 Å². The van der Waals surface area contributed by atoms with Crippen LogP contribution in [0.25, 0.3) is 0 Å². The maximum Gasteiger partial charge on any atom is 0.225 e. The smallest absolute Gasteiger partial charge is 0.225 e. The summed E-state index contributed by atoms with van der Waals surface area (Å²) in [4.78, 5) is 13.9. The van der Waals surface area contributed by atoms with E-state index in [1.165, 1.54) is 0 Å². The summed E-state index contributed by atoms with van der Waals surface area (Å²) in [6, 6.07) is 0. The zero-order chi connectivity index (χ0) is 11.3. The van der Waals surface area contributed by atoms with Crippen LogP contribution in [0.1, 0.15) is 26.7 Å². The van der Waals surface area contributed by atoms with Crippen molar-refractivity contribution in [3.63, 3.8) is 0 Å². The number of carbonyl (C=O) groups excluding carboxylic acids is 1. The summed E-state index contributed by atoms with van der Waals surface area (Å²) in [5, 5.41) is 3.35. The third kappa shape index (κ3) is 3.47. The molecule has 1 N–H and O–H groups in total. The van der Waals surface area contributed by atoms with E-state index in [2.05, 4.69) is 19.2 Å². The fourth-order valence-electron chi connectivity index (χ4n) is 1.94. The van der Waals surface area contributed by atoms with Crippen molar-refractivity contribution < 1.29 is 9.53 Å². The summed E-state index contributed by atoms with van der Waals surface area (Å²) >= 11 is 0. The number of methoxy groups -OCH3 is 1. The average molecular weight is 214 g/mol. The highest BCUT2D eigenvalue weighted by Gasteiger charge is 2.31. The molecule has 0 saturated carbocycles. The van der Waals surface area contributed by atoms with E-state index in [0.29, 0.717) is 13.0 Å². The van der Waals surface area contributed by atoms with Gasteiger partial charge in [0.05, 0.1) is 13.0 Å². The normalized spacial score (nSPS) is 21.1. The molecule has 0 radical (unpaired) electrons. The van der Waals surface area contributed by atoms with Gasteiger partial charge in [-0.25, -0.2) is 0 Å². The van der Waals surface area contributed by atoms with E-state index >= 15 is 0 Å². The topological polar surface area (TPSA) is 41.6 Å². The van der Waals surface area contributed by atoms with Crippen molar-refractivity contribution >= 4 is 5.91 Å². The van der Waals surface area contributed by atoms with Gasteiger partial charge in [0.15, 0.2) is 0 Å². The Labute approximate surface area is 92.0 Å². The second-order valence-electron chi connectivity index (χ2n) is 4.63. The Bertz CT molecular complexity index is 217. The lowest BCUT2D eigenvalue weighted by atomic mass is 10.0. The lowest BCUT2D eigenvalue weighted by Gasteiger charge is -2.37. The third-order valence-corrected chi connectivity index (χ3v) is 2.84. The van der Waals surface area contributed by atoms with E-state index in [1.54, 1.807) is 7.11 Å². The van der Waals surface area contributed by atoms with Crippen molar-refractivity contribution in [3.8, 4) is 0 Å². The zero-order valence-electron chi connectivity index (χ0n) is 10.0. The van der Waals surface area contributed by atoms with Gasteiger partial charge in [-0.15, -0.1) is 0 Å². The van der Waals surface area contributed by atoms with Gasteiger partial charge in [0.1, 0.15) is 0 Å². The van der Waals surface area contributed by atoms with Gasteiger partial charge in [-0.1, -0.05) is 0 Å². The SMILES string of the molecule is COCCC(=O)N1CCCNCC1(C)C. The van der Waals surface area contributed by atoms with Crippen LogP contribution in [0.2, 0.25) is 0 Å². The first-order chi connectivity index (χ1) is 7.08. The van der Waals surface area contributed by atoms with Gasteiger partial charge in [-0.2, -0.15) is 0 Å². The molecule has 1 amide bonds. The van der Waals surface area contributed by atoms with E-state index in [1.807, 2.05) is 4.90 Å². The number of carbonyl (C=O) groups is 1. The van der Waals surface area contributed by atoms with Crippen LogP contribution in [0.4, 0.5) is 0 Å². The van der Waals surface area contributed by atoms with E-state index in [0.717, 1.165) is 26.1 Å². The molecule has 1 heterocycles. The maximum absolute atomic E-state index is 11.9. The van der Waals surface area contributed by atoms with Crippen molar-refractivity contribution in [2.75, 3.05) is 33.4 Å². The molecule has 4 heteroatoms. The molecule has 0 aromatic carbocycles. The number of rotatable bonds is 3. The highest BCUT2D eigenvalue weighted by molar-refractivity contribution is 5.77. The molecular formula is C11H22N2O2. The van der Waals surface area contributed by atoms with Crippen LogP contribution in [0, 0.1) is 0 Å². The van der Waals surface area contributed by atoms with Crippen LogP contribution < -0.4 is 5.32 Å². The van der Waals surface area contributed by atoms with Crippen molar-refractivity contribution in [1.82, 2.24) is 10.2 Å². The quantitative estimate of drug-likeness (QED) is 0.749. The number of ether oxygens (including phenoxy) is 1. The summed E-state index contributed by atoms with van der Waals surface area (Å²) in [5.74, 6) is 0.200. The lowest BCUT2D eigenvalue weighted by Crippen LogP contribution is -2.51. The molecular weight excluding hydrogens is 192 g/mol. The largest absolute Gasteiger partial charge is 0.384 e. The molecule has 1 aliphatic rings. The van der Waals surface area contributed by atoms with E-state index in [-0.39, 0.29) is 11.4 Å². The first kappa shape index (κ1) is 12.5. The standard InChI is InChI=1S/C11H22N2O2/c1-11(2)9-12-6-4-7-13(11)10(14)5-8-15-3/h12H,4-9H2,1-3H3. The van der Waals surface area contributed by atoms with Crippen LogP contribution in [-0.2, 0) is 9.53 Å². The number of hydrogen-bond acceptors (Lipinski definition) is 3. The average Bonchev–Trinajstić information content (AvgIpc) is 2.35. The fraction of sp³-hybridized carbons (Fsp3) is 0.909. The molecule has 4 nitrogen and oxygen atoms in total. The van der Waals surface area contributed by atoms with Crippen LogP contribution >= 0.6 is 0 Å². The van der Waals surface area contributed by atoms with Crippen LogP contribution in [0.15, 0.2) is 0 Å². The van der Waals surface area contributed by atoms with Gasteiger partial charge in [0.25, 0.3) is 0 Å². The van der Waals surface area contributed by atoms with Crippen LogP contribution in [0.3, 0.4) is 0 Å². The van der Waals surface area contributed by atoms with Gasteiger partial charge in [-0.05, 0) is 26.8 Å². The predicted octanol–water partition coefficient (Wildman–Crippen LogP) is 0.623. The lowest BCUT2D eigenvalue weighted by molar-refractivity contribution is -0.136. The Morgan fingerprint density at radius 3 is 2.93 bits per heavy atom. The number of hydrogen-bond donors (Lipinski definition) is 1. The molecule has 0 spiro atoms. The molecule has 1 aliphatic heterocycles. The Kier molecular flexibility index (Phi) is 4.54. The molecule has 88 valence electrons. The Morgan fingerprint density at radius 1 is 1.53 bits per heavy atom. The Balaban J connectivity index is 2.58. The highest BCUT2D eigenvalue weighted by Crippen LogP contribution is 2.17. The molecule has 1 fully saturated rings. The zero-order valence-corrected chi connectivity index (χ0v) is 10.0. The monoisotopic (exact) mass is 214 g/mol. The molecule has 0 aromatic rings. The molecule has 1 saturated heterocycles. The number of nitrogens with one attached hydrogen (secondary N) is 1.